The highest BCUT2D eigenvalue weighted by atomic mass is 19.1. The number of hydrogen-bond donors (Lipinski definition) is 2. The number of amides is 4. The largest absolute Gasteiger partial charge is 0.325 e. The average molecular weight is 361 g/mol. The van der Waals surface area contributed by atoms with Gasteiger partial charge in [0.25, 0.3) is 5.91 Å². The third-order valence-electron chi connectivity index (χ3n) is 5.05. The normalized spacial score (nSPS) is 27.5. The zero-order chi connectivity index (χ0) is 19.1. The van der Waals surface area contributed by atoms with Gasteiger partial charge in [-0.3, -0.25) is 14.5 Å². The van der Waals surface area contributed by atoms with Gasteiger partial charge in [0.1, 0.15) is 17.9 Å². The summed E-state index contributed by atoms with van der Waals surface area (Å²) in [6, 6.07) is 4.76. The maximum atomic E-state index is 13.0. The fourth-order valence-corrected chi connectivity index (χ4v) is 4.53. The number of hydrogen-bond acceptors (Lipinski definition) is 3. The van der Waals surface area contributed by atoms with Gasteiger partial charge in [-0.2, -0.15) is 0 Å². The second-order valence-electron chi connectivity index (χ2n) is 8.31. The monoisotopic (exact) mass is 361 g/mol. The maximum absolute atomic E-state index is 13.0. The van der Waals surface area contributed by atoms with Gasteiger partial charge in [0.05, 0.1) is 0 Å². The summed E-state index contributed by atoms with van der Waals surface area (Å²) in [7, 11) is 0. The Morgan fingerprint density at radius 2 is 1.92 bits per heavy atom. The van der Waals surface area contributed by atoms with Crippen molar-refractivity contribution in [2.75, 3.05) is 11.9 Å². The third-order valence-corrected chi connectivity index (χ3v) is 5.05. The van der Waals surface area contributed by atoms with Crippen LogP contribution in [0.4, 0.5) is 14.9 Å². The highest BCUT2D eigenvalue weighted by molar-refractivity contribution is 6.10. The Kier molecular flexibility index (Phi) is 4.50. The highest BCUT2D eigenvalue weighted by Gasteiger charge is 2.56. The first kappa shape index (κ1) is 18.4. The minimum atomic E-state index is -0.922. The lowest BCUT2D eigenvalue weighted by molar-refractivity contribution is -0.136. The molecule has 1 saturated carbocycles. The summed E-state index contributed by atoms with van der Waals surface area (Å²) < 4.78 is 12.9. The number of rotatable bonds is 3. The van der Waals surface area contributed by atoms with Crippen LogP contribution in [0.1, 0.15) is 40.0 Å². The van der Waals surface area contributed by atoms with Gasteiger partial charge in [0.2, 0.25) is 5.91 Å². The quantitative estimate of drug-likeness (QED) is 0.813. The summed E-state index contributed by atoms with van der Waals surface area (Å²) >= 11 is 0. The topological polar surface area (TPSA) is 78.5 Å². The minimum Gasteiger partial charge on any atom is -0.325 e. The zero-order valence-electron chi connectivity index (χ0n) is 15.3. The Hall–Kier alpha value is -2.44. The van der Waals surface area contributed by atoms with Gasteiger partial charge in [-0.05, 0) is 54.9 Å². The SMILES string of the molecule is C[C@H]1CC(C)(C)C[C@]2(C1)NC(=O)N(CC(=O)Nc1ccc(F)cc1)C2=O. The van der Waals surface area contributed by atoms with Crippen molar-refractivity contribution in [3.63, 3.8) is 0 Å². The number of urea groups is 1. The van der Waals surface area contributed by atoms with E-state index < -0.39 is 23.3 Å². The number of benzene rings is 1. The molecular formula is C19H24FN3O3. The minimum absolute atomic E-state index is 0.0625. The number of nitrogens with zero attached hydrogens (tertiary/aromatic N) is 1. The van der Waals surface area contributed by atoms with Gasteiger partial charge in [-0.25, -0.2) is 9.18 Å². The molecule has 26 heavy (non-hydrogen) atoms. The van der Waals surface area contributed by atoms with E-state index >= 15 is 0 Å². The van der Waals surface area contributed by atoms with Gasteiger partial charge in [-0.1, -0.05) is 20.8 Å². The van der Waals surface area contributed by atoms with Crippen molar-refractivity contribution in [1.29, 1.82) is 0 Å². The molecule has 1 aliphatic heterocycles. The molecule has 7 heteroatoms. The summed E-state index contributed by atoms with van der Waals surface area (Å²) in [6.45, 7) is 5.89. The van der Waals surface area contributed by atoms with Crippen LogP contribution in [0.2, 0.25) is 0 Å². The number of anilines is 1. The lowest BCUT2D eigenvalue weighted by atomic mass is 9.64. The number of nitrogens with one attached hydrogen (secondary N) is 2. The molecule has 3 rings (SSSR count). The fourth-order valence-electron chi connectivity index (χ4n) is 4.53. The molecule has 2 aliphatic rings. The first-order chi connectivity index (χ1) is 12.1. The molecule has 2 atom stereocenters. The predicted molar refractivity (Wildman–Crippen MR) is 94.8 cm³/mol. The van der Waals surface area contributed by atoms with Crippen molar-refractivity contribution < 1.29 is 18.8 Å². The summed E-state index contributed by atoms with van der Waals surface area (Å²) in [5.41, 5.74) is -0.577. The highest BCUT2D eigenvalue weighted by Crippen LogP contribution is 2.46. The summed E-state index contributed by atoms with van der Waals surface area (Å²) in [5.74, 6) is -0.944. The summed E-state index contributed by atoms with van der Waals surface area (Å²) in [6.07, 6.45) is 2.13. The molecule has 1 saturated heterocycles. The molecule has 1 spiro atoms. The second-order valence-corrected chi connectivity index (χ2v) is 8.31. The van der Waals surface area contributed by atoms with Crippen molar-refractivity contribution >= 4 is 23.5 Å². The number of imide groups is 1. The van der Waals surface area contributed by atoms with E-state index in [1.54, 1.807) is 0 Å². The molecule has 0 radical (unpaired) electrons. The molecule has 2 fully saturated rings. The van der Waals surface area contributed by atoms with Gasteiger partial charge in [0.15, 0.2) is 0 Å². The maximum Gasteiger partial charge on any atom is 0.325 e. The van der Waals surface area contributed by atoms with Crippen LogP contribution in [0.15, 0.2) is 24.3 Å². The Morgan fingerprint density at radius 1 is 1.27 bits per heavy atom. The van der Waals surface area contributed by atoms with Crippen LogP contribution in [-0.2, 0) is 9.59 Å². The van der Waals surface area contributed by atoms with Crippen LogP contribution in [0.25, 0.3) is 0 Å². The third kappa shape index (κ3) is 3.57. The van der Waals surface area contributed by atoms with E-state index in [0.29, 0.717) is 24.4 Å². The van der Waals surface area contributed by atoms with E-state index in [2.05, 4.69) is 31.4 Å². The smallest absolute Gasteiger partial charge is 0.325 e. The molecule has 1 aromatic rings. The Labute approximate surface area is 152 Å². The van der Waals surface area contributed by atoms with Crippen LogP contribution in [0.3, 0.4) is 0 Å². The molecule has 1 aliphatic carbocycles. The predicted octanol–water partition coefficient (Wildman–Crippen LogP) is 2.90. The molecule has 0 unspecified atom stereocenters. The molecule has 2 N–H and O–H groups in total. The van der Waals surface area contributed by atoms with Gasteiger partial charge < -0.3 is 10.6 Å². The van der Waals surface area contributed by atoms with E-state index in [1.165, 1.54) is 24.3 Å². The molecule has 4 amide bonds. The zero-order valence-corrected chi connectivity index (χ0v) is 15.3. The van der Waals surface area contributed by atoms with Crippen molar-refractivity contribution in [3.05, 3.63) is 30.1 Å². The molecular weight excluding hydrogens is 337 g/mol. The first-order valence-corrected chi connectivity index (χ1v) is 8.80. The van der Waals surface area contributed by atoms with Gasteiger partial charge >= 0.3 is 6.03 Å². The molecule has 1 heterocycles. The van der Waals surface area contributed by atoms with Crippen LogP contribution in [0, 0.1) is 17.2 Å². The molecule has 6 nitrogen and oxygen atoms in total. The first-order valence-electron chi connectivity index (χ1n) is 8.80. The van der Waals surface area contributed by atoms with Crippen LogP contribution in [-0.4, -0.2) is 34.8 Å². The molecule has 0 bridgehead atoms. The summed E-state index contributed by atoms with van der Waals surface area (Å²) in [4.78, 5) is 38.6. The van der Waals surface area contributed by atoms with E-state index in [1.807, 2.05) is 0 Å². The second kappa shape index (κ2) is 6.37. The van der Waals surface area contributed by atoms with E-state index in [-0.39, 0.29) is 17.9 Å². The van der Waals surface area contributed by atoms with Crippen molar-refractivity contribution in [3.8, 4) is 0 Å². The van der Waals surface area contributed by atoms with Gasteiger partial charge in [-0.15, -0.1) is 0 Å². The van der Waals surface area contributed by atoms with E-state index in [4.69, 9.17) is 0 Å². The standard InChI is InChI=1S/C19H24FN3O3/c1-12-8-18(2,3)11-19(9-12)16(25)23(17(26)22-19)10-15(24)21-14-6-4-13(20)5-7-14/h4-7,12H,8-11H2,1-3H3,(H,21,24)(H,22,26)/t12-,19-/m0/s1. The Bertz CT molecular complexity index is 747. The number of halogens is 1. The lowest BCUT2D eigenvalue weighted by Gasteiger charge is -2.43. The van der Waals surface area contributed by atoms with Crippen LogP contribution >= 0.6 is 0 Å². The van der Waals surface area contributed by atoms with Crippen molar-refractivity contribution in [2.24, 2.45) is 11.3 Å². The average Bonchev–Trinajstić information content (AvgIpc) is 2.71. The molecule has 0 aromatic heterocycles. The van der Waals surface area contributed by atoms with Crippen LogP contribution < -0.4 is 10.6 Å². The van der Waals surface area contributed by atoms with Gasteiger partial charge in [0, 0.05) is 5.69 Å². The fraction of sp³-hybridized carbons (Fsp3) is 0.526. The number of carbonyl (C=O) groups excluding carboxylic acids is 3. The van der Waals surface area contributed by atoms with Crippen molar-refractivity contribution in [2.45, 2.75) is 45.6 Å². The van der Waals surface area contributed by atoms with E-state index in [9.17, 15) is 18.8 Å². The molecule has 1 aromatic carbocycles. The van der Waals surface area contributed by atoms with Crippen LogP contribution in [0.5, 0.6) is 0 Å². The molecule has 140 valence electrons. The lowest BCUT2D eigenvalue weighted by Crippen LogP contribution is -2.54. The van der Waals surface area contributed by atoms with E-state index in [0.717, 1.165) is 11.3 Å². The van der Waals surface area contributed by atoms with Crippen molar-refractivity contribution in [1.82, 2.24) is 10.2 Å². The number of carbonyl (C=O) groups is 3. The Morgan fingerprint density at radius 3 is 2.54 bits per heavy atom. The Balaban J connectivity index is 1.71. The summed E-state index contributed by atoms with van der Waals surface area (Å²) in [5, 5.41) is 5.41.